The molecular formula is C20H19ClFN3O4. The second-order valence-electron chi connectivity index (χ2n) is 6.76. The lowest BCUT2D eigenvalue weighted by molar-refractivity contribution is -0.146. The van der Waals surface area contributed by atoms with E-state index >= 15 is 4.39 Å². The van der Waals surface area contributed by atoms with Crippen LogP contribution in [0.3, 0.4) is 0 Å². The van der Waals surface area contributed by atoms with Crippen LogP contribution in [0.25, 0.3) is 11.1 Å². The number of carbonyl (C=O) groups is 1. The number of benzene rings is 1. The first-order valence-corrected chi connectivity index (χ1v) is 9.59. The highest BCUT2D eigenvalue weighted by Crippen LogP contribution is 2.40. The lowest BCUT2D eigenvalue weighted by Gasteiger charge is -2.32. The Bertz CT molecular complexity index is 1110. The molecule has 7 nitrogen and oxygen atoms in total. The number of ether oxygens (including phenoxy) is 2. The standard InChI is InChI=1S/C20H19ClFN3O4/c1-3-4-7-23-14-10-12(13(22)11-15(14)29-20(28-2)19(23)27)16-17(21)24-8-5-6-9-25(24)18(16)26/h10-11,20H,5-9H2,1-2H3. The Kier molecular flexibility index (Phi) is 5.11. The van der Waals surface area contributed by atoms with E-state index in [-0.39, 0.29) is 34.1 Å². The summed E-state index contributed by atoms with van der Waals surface area (Å²) in [5.74, 6) is 4.56. The van der Waals surface area contributed by atoms with Crippen molar-refractivity contribution in [2.24, 2.45) is 0 Å². The van der Waals surface area contributed by atoms with Gasteiger partial charge in [0.05, 0.1) is 17.8 Å². The summed E-state index contributed by atoms with van der Waals surface area (Å²) in [6.45, 7) is 2.86. The minimum absolute atomic E-state index is 0.0230. The lowest BCUT2D eigenvalue weighted by atomic mass is 10.1. The van der Waals surface area contributed by atoms with Crippen molar-refractivity contribution >= 4 is 23.2 Å². The number of fused-ring (bicyclic) bond motifs is 2. The van der Waals surface area contributed by atoms with E-state index in [1.54, 1.807) is 11.6 Å². The average Bonchev–Trinajstić information content (AvgIpc) is 2.97. The van der Waals surface area contributed by atoms with E-state index in [4.69, 9.17) is 21.1 Å². The summed E-state index contributed by atoms with van der Waals surface area (Å²) >= 11 is 6.45. The zero-order chi connectivity index (χ0) is 20.7. The summed E-state index contributed by atoms with van der Waals surface area (Å²) in [6.07, 6.45) is 0.559. The van der Waals surface area contributed by atoms with Gasteiger partial charge in [0, 0.05) is 31.8 Å². The molecule has 3 heterocycles. The number of halogens is 2. The molecule has 9 heteroatoms. The summed E-state index contributed by atoms with van der Waals surface area (Å²) in [5, 5.41) is 0.186. The third-order valence-corrected chi connectivity index (χ3v) is 5.49. The Hall–Kier alpha value is -2.76. The van der Waals surface area contributed by atoms with E-state index in [1.807, 2.05) is 0 Å². The van der Waals surface area contributed by atoms with Gasteiger partial charge in [0.25, 0.3) is 17.8 Å². The first kappa shape index (κ1) is 19.6. The number of hydrogen-bond acceptors (Lipinski definition) is 4. The molecule has 0 aliphatic carbocycles. The smallest absolute Gasteiger partial charge is 0.297 e. The van der Waals surface area contributed by atoms with Gasteiger partial charge in [0.15, 0.2) is 0 Å². The van der Waals surface area contributed by atoms with Gasteiger partial charge in [0.1, 0.15) is 16.7 Å². The Balaban J connectivity index is 1.90. The van der Waals surface area contributed by atoms with Crippen LogP contribution in [0.4, 0.5) is 10.1 Å². The van der Waals surface area contributed by atoms with Crippen molar-refractivity contribution in [1.29, 1.82) is 0 Å². The zero-order valence-corrected chi connectivity index (χ0v) is 16.8. The van der Waals surface area contributed by atoms with Crippen LogP contribution in [0.2, 0.25) is 5.15 Å². The summed E-state index contributed by atoms with van der Waals surface area (Å²) in [6, 6.07) is 2.56. The van der Waals surface area contributed by atoms with E-state index in [0.29, 0.717) is 18.8 Å². The van der Waals surface area contributed by atoms with Crippen LogP contribution in [-0.4, -0.2) is 35.2 Å². The van der Waals surface area contributed by atoms with Gasteiger partial charge in [-0.1, -0.05) is 17.5 Å². The largest absolute Gasteiger partial charge is 0.453 e. The first-order valence-electron chi connectivity index (χ1n) is 9.21. The topological polar surface area (TPSA) is 65.7 Å². The number of carbonyl (C=O) groups excluding carboxylic acids is 1. The second-order valence-corrected chi connectivity index (χ2v) is 7.12. The monoisotopic (exact) mass is 419 g/mol. The normalized spacial score (nSPS) is 17.9. The van der Waals surface area contributed by atoms with Gasteiger partial charge in [0.2, 0.25) is 0 Å². The van der Waals surface area contributed by atoms with Gasteiger partial charge >= 0.3 is 0 Å². The third kappa shape index (κ3) is 3.11. The van der Waals surface area contributed by atoms with Crippen molar-refractivity contribution in [2.45, 2.75) is 39.1 Å². The predicted octanol–water partition coefficient (Wildman–Crippen LogP) is 2.62. The number of methoxy groups -OCH3 is 1. The molecule has 0 radical (unpaired) electrons. The molecule has 152 valence electrons. The highest BCUT2D eigenvalue weighted by Gasteiger charge is 2.36. The average molecular weight is 420 g/mol. The molecule has 2 aromatic rings. The fourth-order valence-corrected chi connectivity index (χ4v) is 4.03. The predicted molar refractivity (Wildman–Crippen MR) is 106 cm³/mol. The van der Waals surface area contributed by atoms with Crippen molar-refractivity contribution in [1.82, 2.24) is 9.36 Å². The fourth-order valence-electron chi connectivity index (χ4n) is 3.67. The van der Waals surface area contributed by atoms with Crippen LogP contribution >= 0.6 is 11.6 Å². The first-order chi connectivity index (χ1) is 14.0. The van der Waals surface area contributed by atoms with Gasteiger partial charge in [-0.25, -0.2) is 9.07 Å². The van der Waals surface area contributed by atoms with Crippen molar-refractivity contribution in [3.63, 3.8) is 0 Å². The second kappa shape index (κ2) is 7.58. The van der Waals surface area contributed by atoms with E-state index in [1.165, 1.54) is 22.8 Å². The summed E-state index contributed by atoms with van der Waals surface area (Å²) in [4.78, 5) is 26.9. The Morgan fingerprint density at radius 3 is 2.66 bits per heavy atom. The maximum atomic E-state index is 15.0. The summed E-state index contributed by atoms with van der Waals surface area (Å²) in [7, 11) is 1.33. The Morgan fingerprint density at radius 2 is 2.00 bits per heavy atom. The molecule has 4 rings (SSSR count). The minimum Gasteiger partial charge on any atom is -0.453 e. The van der Waals surface area contributed by atoms with E-state index in [0.717, 1.165) is 18.9 Å². The third-order valence-electron chi connectivity index (χ3n) is 5.10. The Labute approximate surface area is 171 Å². The van der Waals surface area contributed by atoms with Crippen molar-refractivity contribution < 1.29 is 18.7 Å². The number of rotatable bonds is 3. The SMILES string of the molecule is CC#CCN1C(=O)C(OC)Oc2cc(F)c(-c3c(Cl)n4n(c3=O)CCCC4)cc21. The van der Waals surface area contributed by atoms with Crippen LogP contribution in [0.5, 0.6) is 5.75 Å². The fraction of sp³-hybridized carbons (Fsp3) is 0.400. The van der Waals surface area contributed by atoms with Crippen molar-refractivity contribution in [3.8, 4) is 28.7 Å². The van der Waals surface area contributed by atoms with Crippen LogP contribution < -0.4 is 15.2 Å². The number of hydrogen-bond donors (Lipinski definition) is 0. The molecule has 0 N–H and O–H groups in total. The van der Waals surface area contributed by atoms with Gasteiger partial charge in [-0.2, -0.15) is 0 Å². The van der Waals surface area contributed by atoms with E-state index < -0.39 is 18.0 Å². The van der Waals surface area contributed by atoms with Crippen LogP contribution in [-0.2, 0) is 22.6 Å². The van der Waals surface area contributed by atoms with Crippen LogP contribution in [0.15, 0.2) is 16.9 Å². The summed E-state index contributed by atoms with van der Waals surface area (Å²) < 4.78 is 28.8. The summed E-state index contributed by atoms with van der Waals surface area (Å²) in [5.41, 5.74) is 0.0601. The maximum absolute atomic E-state index is 15.0. The van der Waals surface area contributed by atoms with E-state index in [2.05, 4.69) is 11.8 Å². The van der Waals surface area contributed by atoms with Crippen LogP contribution in [0, 0.1) is 17.7 Å². The molecular weight excluding hydrogens is 401 g/mol. The number of aromatic nitrogens is 2. The molecule has 1 aromatic heterocycles. The highest BCUT2D eigenvalue weighted by atomic mass is 35.5. The minimum atomic E-state index is -1.19. The van der Waals surface area contributed by atoms with E-state index in [9.17, 15) is 9.59 Å². The van der Waals surface area contributed by atoms with Crippen LogP contribution in [0.1, 0.15) is 19.8 Å². The quantitative estimate of drug-likeness (QED) is 0.717. The molecule has 2 aliphatic rings. The van der Waals surface area contributed by atoms with Gasteiger partial charge in [-0.15, -0.1) is 5.92 Å². The molecule has 1 unspecified atom stereocenters. The molecule has 1 amide bonds. The molecule has 0 bridgehead atoms. The van der Waals surface area contributed by atoms with Gasteiger partial charge in [-0.05, 0) is 25.8 Å². The van der Waals surface area contributed by atoms with Gasteiger partial charge in [-0.3, -0.25) is 19.2 Å². The zero-order valence-electron chi connectivity index (χ0n) is 16.0. The molecule has 0 spiro atoms. The highest BCUT2D eigenvalue weighted by molar-refractivity contribution is 6.32. The molecule has 0 saturated heterocycles. The molecule has 1 aromatic carbocycles. The maximum Gasteiger partial charge on any atom is 0.297 e. The van der Waals surface area contributed by atoms with Crippen molar-refractivity contribution in [3.05, 3.63) is 33.5 Å². The van der Waals surface area contributed by atoms with Crippen molar-refractivity contribution in [2.75, 3.05) is 18.6 Å². The molecule has 1 atom stereocenters. The number of anilines is 1. The molecule has 29 heavy (non-hydrogen) atoms. The Morgan fingerprint density at radius 1 is 1.28 bits per heavy atom. The number of nitrogens with zero attached hydrogens (tertiary/aromatic N) is 3. The molecule has 0 fully saturated rings. The molecule has 0 saturated carbocycles. The van der Waals surface area contributed by atoms with Gasteiger partial charge < -0.3 is 9.47 Å². The number of amides is 1. The molecule has 2 aliphatic heterocycles. The lowest BCUT2D eigenvalue weighted by Crippen LogP contribution is -2.47.